The van der Waals surface area contributed by atoms with Crippen molar-refractivity contribution in [3.05, 3.63) is 69.4 Å². The number of aryl methyl sites for hydroxylation is 1. The molecule has 0 bridgehead atoms. The number of fused-ring (bicyclic) bond motifs is 1. The van der Waals surface area contributed by atoms with E-state index in [1.807, 2.05) is 32.0 Å². The summed E-state index contributed by atoms with van der Waals surface area (Å²) in [5.74, 6) is 0.357. The van der Waals surface area contributed by atoms with Gasteiger partial charge in [0.15, 0.2) is 0 Å². The molecule has 2 nitrogen and oxygen atoms in total. The zero-order chi connectivity index (χ0) is 23.6. The first-order valence-corrected chi connectivity index (χ1v) is 10.3. The summed E-state index contributed by atoms with van der Waals surface area (Å²) in [5.41, 5.74) is -4.58. The van der Waals surface area contributed by atoms with Crippen molar-refractivity contribution in [2.45, 2.75) is 46.1 Å². The normalized spacial score (nSPS) is 25.2. The Kier molecular flexibility index (Phi) is 3.86. The van der Waals surface area contributed by atoms with E-state index in [1.54, 1.807) is 6.08 Å². The zero-order valence-corrected chi connectivity index (χ0v) is 18.2. The molecule has 8 heteroatoms. The van der Waals surface area contributed by atoms with E-state index in [-0.39, 0.29) is 5.57 Å². The first-order valence-electron chi connectivity index (χ1n) is 10.3. The molecule has 1 unspecified atom stereocenters. The highest BCUT2D eigenvalue weighted by Gasteiger charge is 2.83. The van der Waals surface area contributed by atoms with Crippen molar-refractivity contribution in [1.29, 1.82) is 0 Å². The fraction of sp³-hybridized carbons (Fsp3) is 0.417. The van der Waals surface area contributed by atoms with Gasteiger partial charge in [-0.2, -0.15) is 26.3 Å². The summed E-state index contributed by atoms with van der Waals surface area (Å²) in [6.45, 7) is 5.83. The number of piperidine rings is 1. The Balaban J connectivity index is 2.04. The monoisotopic (exact) mass is 452 g/mol. The van der Waals surface area contributed by atoms with Crippen LogP contribution in [0, 0.1) is 17.8 Å². The third-order valence-electron chi connectivity index (χ3n) is 7.58. The minimum atomic E-state index is -5.56. The van der Waals surface area contributed by atoms with Crippen LogP contribution in [0.4, 0.5) is 26.3 Å². The predicted molar refractivity (Wildman–Crippen MR) is 109 cm³/mol. The topological polar surface area (TPSA) is 6.48 Å². The lowest BCUT2D eigenvalue weighted by Crippen LogP contribution is -2.69. The van der Waals surface area contributed by atoms with Gasteiger partial charge in [0.1, 0.15) is 5.82 Å². The van der Waals surface area contributed by atoms with Gasteiger partial charge in [-0.05, 0) is 41.3 Å². The number of halogens is 6. The zero-order valence-electron chi connectivity index (χ0n) is 18.2. The van der Waals surface area contributed by atoms with Gasteiger partial charge in [-0.1, -0.05) is 44.2 Å². The van der Waals surface area contributed by atoms with Crippen molar-refractivity contribution < 1.29 is 26.3 Å². The molecule has 1 aromatic rings. The smallest absolute Gasteiger partial charge is 0.335 e. The molecule has 0 amide bonds. The molecular formula is C24H22F6N2. The van der Waals surface area contributed by atoms with Crippen LogP contribution in [0.15, 0.2) is 53.4 Å². The summed E-state index contributed by atoms with van der Waals surface area (Å²) in [4.78, 5) is 2.70. The van der Waals surface area contributed by atoms with Gasteiger partial charge < -0.3 is 9.80 Å². The number of rotatable bonds is 0. The van der Waals surface area contributed by atoms with Gasteiger partial charge in [0.2, 0.25) is 5.41 Å². The van der Waals surface area contributed by atoms with Gasteiger partial charge in [-0.25, -0.2) is 0 Å². The molecule has 0 radical (unpaired) electrons. The molecule has 1 atom stereocenters. The van der Waals surface area contributed by atoms with E-state index in [0.29, 0.717) is 11.0 Å². The number of benzene rings is 1. The Morgan fingerprint density at radius 2 is 1.56 bits per heavy atom. The lowest BCUT2D eigenvalue weighted by molar-refractivity contribution is -0.361. The fourth-order valence-electron chi connectivity index (χ4n) is 6.26. The third kappa shape index (κ3) is 2.09. The van der Waals surface area contributed by atoms with Crippen LogP contribution in [-0.4, -0.2) is 35.2 Å². The van der Waals surface area contributed by atoms with Crippen molar-refractivity contribution in [3.63, 3.8) is 0 Å². The maximum absolute atomic E-state index is 14.7. The standard InChI is InChI=1S/C24H22F6N2/c1-12-7-6-8-14-17-13(2)9-10-15-19(17)32-16(11-31(5)20(32)18(12)14)22(21(15,3)4,23(25,26)27)24(28,29)30/h6-11,19H,1-5H3. The molecule has 4 aliphatic rings. The van der Waals surface area contributed by atoms with Crippen LogP contribution in [0.25, 0.3) is 11.4 Å². The van der Waals surface area contributed by atoms with Gasteiger partial charge >= 0.3 is 12.4 Å². The molecule has 32 heavy (non-hydrogen) atoms. The molecule has 1 fully saturated rings. The third-order valence-corrected chi connectivity index (χ3v) is 7.58. The van der Waals surface area contributed by atoms with Crippen LogP contribution in [0.5, 0.6) is 0 Å². The van der Waals surface area contributed by atoms with Gasteiger partial charge in [0.05, 0.1) is 11.7 Å². The van der Waals surface area contributed by atoms with E-state index >= 15 is 0 Å². The molecular weight excluding hydrogens is 430 g/mol. The first-order chi connectivity index (χ1) is 14.7. The molecule has 3 aliphatic heterocycles. The van der Waals surface area contributed by atoms with Crippen molar-refractivity contribution in [2.75, 3.05) is 7.05 Å². The highest BCUT2D eigenvalue weighted by Crippen LogP contribution is 2.72. The summed E-state index contributed by atoms with van der Waals surface area (Å²) >= 11 is 0. The first kappa shape index (κ1) is 21.2. The molecule has 0 spiro atoms. The summed E-state index contributed by atoms with van der Waals surface area (Å²) < 4.78 is 88.4. The molecule has 5 rings (SSSR count). The van der Waals surface area contributed by atoms with E-state index in [9.17, 15) is 26.3 Å². The fourth-order valence-corrected chi connectivity index (χ4v) is 6.26. The molecule has 3 heterocycles. The van der Waals surface area contributed by atoms with E-state index < -0.39 is 34.9 Å². The van der Waals surface area contributed by atoms with Crippen LogP contribution in [-0.2, 0) is 0 Å². The minimum absolute atomic E-state index is 0.116. The number of alkyl halides is 6. The van der Waals surface area contributed by atoms with Crippen LogP contribution < -0.4 is 10.4 Å². The van der Waals surface area contributed by atoms with Crippen LogP contribution in [0.2, 0.25) is 0 Å². The molecule has 170 valence electrons. The molecule has 0 N–H and O–H groups in total. The quantitative estimate of drug-likeness (QED) is 0.526. The van der Waals surface area contributed by atoms with Crippen molar-refractivity contribution >= 4 is 11.4 Å². The van der Waals surface area contributed by atoms with E-state index in [4.69, 9.17) is 0 Å². The highest BCUT2D eigenvalue weighted by atomic mass is 19.4. The summed E-state index contributed by atoms with van der Waals surface area (Å²) in [5, 5.41) is 1.52. The lowest BCUT2D eigenvalue weighted by atomic mass is 9.53. The summed E-state index contributed by atoms with van der Waals surface area (Å²) in [7, 11) is 1.52. The number of hydrogen-bond donors (Lipinski definition) is 0. The lowest BCUT2D eigenvalue weighted by Gasteiger charge is -2.60. The molecule has 0 saturated carbocycles. The number of allylic oxidation sites excluding steroid dienone is 3. The average molecular weight is 452 g/mol. The molecule has 1 aromatic carbocycles. The Morgan fingerprint density at radius 3 is 2.16 bits per heavy atom. The Bertz CT molecular complexity index is 1260. The molecule has 0 aromatic heterocycles. The van der Waals surface area contributed by atoms with E-state index in [0.717, 1.165) is 42.0 Å². The maximum atomic E-state index is 14.7. The SMILES string of the molecule is CC1=CC=C2C3C1=c1cccc(C)c1=C1N(C)C=C(N13)C(C(F)(F)F)(C(F)(F)F)C2(C)C. The number of nitrogens with zero attached hydrogens (tertiary/aromatic N) is 2. The van der Waals surface area contributed by atoms with Gasteiger partial charge in [0.25, 0.3) is 0 Å². The second-order valence-corrected chi connectivity index (χ2v) is 9.47. The van der Waals surface area contributed by atoms with Crippen LogP contribution >= 0.6 is 0 Å². The van der Waals surface area contributed by atoms with Gasteiger partial charge in [-0.15, -0.1) is 0 Å². The maximum Gasteiger partial charge on any atom is 0.409 e. The largest absolute Gasteiger partial charge is 0.409 e. The second kappa shape index (κ2) is 5.83. The van der Waals surface area contributed by atoms with Crippen LogP contribution in [0.1, 0.15) is 26.3 Å². The molecule has 1 aliphatic carbocycles. The Labute approximate surface area is 181 Å². The summed E-state index contributed by atoms with van der Waals surface area (Å²) in [6, 6.07) is 4.87. The van der Waals surface area contributed by atoms with Gasteiger partial charge in [-0.3, -0.25) is 0 Å². The molecule has 1 saturated heterocycles. The minimum Gasteiger partial charge on any atom is -0.335 e. The van der Waals surface area contributed by atoms with Crippen molar-refractivity contribution in [3.8, 4) is 0 Å². The Morgan fingerprint density at radius 1 is 0.938 bits per heavy atom. The van der Waals surface area contributed by atoms with E-state index in [1.165, 1.54) is 22.9 Å². The Hall–Kier alpha value is -2.64. The predicted octanol–water partition coefficient (Wildman–Crippen LogP) is 4.72. The summed E-state index contributed by atoms with van der Waals surface area (Å²) in [6.07, 6.45) is -6.99. The van der Waals surface area contributed by atoms with Crippen molar-refractivity contribution in [1.82, 2.24) is 9.80 Å². The van der Waals surface area contributed by atoms with E-state index in [2.05, 4.69) is 0 Å². The average Bonchev–Trinajstić information content (AvgIpc) is 2.96. The van der Waals surface area contributed by atoms with Crippen molar-refractivity contribution in [2.24, 2.45) is 10.8 Å². The second-order valence-electron chi connectivity index (χ2n) is 9.47. The highest BCUT2D eigenvalue weighted by molar-refractivity contribution is 5.81. The van der Waals surface area contributed by atoms with Gasteiger partial charge in [0, 0.05) is 23.9 Å². The van der Waals surface area contributed by atoms with Crippen LogP contribution in [0.3, 0.4) is 0 Å². The number of hydrogen-bond acceptors (Lipinski definition) is 2.